The molecule has 0 spiro atoms. The molecule has 0 heterocycles. The smallest absolute Gasteiger partial charge is 0.305 e. The second-order valence-corrected chi connectivity index (χ2v) is 7.68. The minimum absolute atomic E-state index is 0.0788. The molecule has 5 heteroatoms. The fourth-order valence-corrected chi connectivity index (χ4v) is 2.87. The third-order valence-corrected chi connectivity index (χ3v) is 4.60. The number of carbonyl (C=O) groups excluding carboxylic acids is 1. The summed E-state index contributed by atoms with van der Waals surface area (Å²) in [5.74, 6) is -0.172. The van der Waals surface area contributed by atoms with E-state index < -0.39 is 6.10 Å². The molecule has 0 aliphatic carbocycles. The topological polar surface area (TPSA) is 87.0 Å². The molecule has 0 aromatic heterocycles. The van der Waals surface area contributed by atoms with E-state index in [1.54, 1.807) is 0 Å². The van der Waals surface area contributed by atoms with Crippen LogP contribution in [0.2, 0.25) is 0 Å². The SMILES string of the molecule is CC(O)CO.CCCCCCCCCCCCCCCCCC(=O)OCCO. The van der Waals surface area contributed by atoms with Gasteiger partial charge in [0.05, 0.1) is 19.3 Å². The summed E-state index contributed by atoms with van der Waals surface area (Å²) in [6.45, 7) is 3.72. The van der Waals surface area contributed by atoms with E-state index in [9.17, 15) is 4.79 Å². The Hall–Kier alpha value is -0.650. The van der Waals surface area contributed by atoms with Crippen LogP contribution in [0.5, 0.6) is 0 Å². The number of hydrogen-bond donors (Lipinski definition) is 3. The van der Waals surface area contributed by atoms with E-state index in [0.717, 1.165) is 12.8 Å². The molecule has 28 heavy (non-hydrogen) atoms. The average molecular weight is 405 g/mol. The van der Waals surface area contributed by atoms with E-state index in [0.29, 0.717) is 6.42 Å². The summed E-state index contributed by atoms with van der Waals surface area (Å²) in [6, 6.07) is 0. The number of carbonyl (C=O) groups is 1. The molecule has 0 radical (unpaired) electrons. The van der Waals surface area contributed by atoms with E-state index in [-0.39, 0.29) is 25.8 Å². The summed E-state index contributed by atoms with van der Waals surface area (Å²) in [6.07, 6.45) is 19.9. The van der Waals surface area contributed by atoms with Crippen LogP contribution >= 0.6 is 0 Å². The van der Waals surface area contributed by atoms with Crippen molar-refractivity contribution in [2.24, 2.45) is 0 Å². The molecule has 0 saturated heterocycles. The first-order valence-corrected chi connectivity index (χ1v) is 11.6. The molecule has 0 aromatic carbocycles. The molecular weight excluding hydrogens is 356 g/mol. The van der Waals surface area contributed by atoms with E-state index in [4.69, 9.17) is 20.1 Å². The minimum Gasteiger partial charge on any atom is -0.463 e. The lowest BCUT2D eigenvalue weighted by Crippen LogP contribution is -2.07. The lowest BCUT2D eigenvalue weighted by Gasteiger charge is -2.04. The van der Waals surface area contributed by atoms with E-state index in [1.165, 1.54) is 90.4 Å². The Morgan fingerprint density at radius 2 is 1.11 bits per heavy atom. The van der Waals surface area contributed by atoms with Gasteiger partial charge in [-0.2, -0.15) is 0 Å². The Labute approximate surface area is 173 Å². The molecule has 0 aliphatic rings. The molecule has 5 nitrogen and oxygen atoms in total. The second-order valence-electron chi connectivity index (χ2n) is 7.68. The van der Waals surface area contributed by atoms with Crippen molar-refractivity contribution in [2.75, 3.05) is 19.8 Å². The number of aliphatic hydroxyl groups excluding tert-OH is 3. The zero-order valence-electron chi connectivity index (χ0n) is 18.7. The van der Waals surface area contributed by atoms with Crippen LogP contribution in [0.25, 0.3) is 0 Å². The monoisotopic (exact) mass is 404 g/mol. The number of ether oxygens (including phenoxy) is 1. The van der Waals surface area contributed by atoms with Gasteiger partial charge in [0, 0.05) is 6.42 Å². The number of hydrogen-bond acceptors (Lipinski definition) is 5. The van der Waals surface area contributed by atoms with Gasteiger partial charge in [0.1, 0.15) is 6.61 Å². The molecule has 170 valence electrons. The molecule has 0 aromatic rings. The summed E-state index contributed by atoms with van der Waals surface area (Å²) in [7, 11) is 0. The fourth-order valence-electron chi connectivity index (χ4n) is 2.87. The summed E-state index contributed by atoms with van der Waals surface area (Å²) in [4.78, 5) is 11.2. The minimum atomic E-state index is -0.560. The number of rotatable bonds is 19. The molecule has 0 aliphatic heterocycles. The van der Waals surface area contributed by atoms with E-state index >= 15 is 0 Å². The lowest BCUT2D eigenvalue weighted by atomic mass is 10.0. The van der Waals surface area contributed by atoms with Gasteiger partial charge in [-0.3, -0.25) is 4.79 Å². The number of aliphatic hydroxyl groups is 3. The van der Waals surface area contributed by atoms with Crippen LogP contribution in [-0.2, 0) is 9.53 Å². The van der Waals surface area contributed by atoms with Crippen LogP contribution in [0.1, 0.15) is 117 Å². The van der Waals surface area contributed by atoms with Crippen LogP contribution in [0.15, 0.2) is 0 Å². The number of esters is 1. The fraction of sp³-hybridized carbons (Fsp3) is 0.957. The van der Waals surface area contributed by atoms with Gasteiger partial charge in [0.15, 0.2) is 0 Å². The molecule has 0 fully saturated rings. The summed E-state index contributed by atoms with van der Waals surface area (Å²) < 4.78 is 4.82. The van der Waals surface area contributed by atoms with Crippen LogP contribution < -0.4 is 0 Å². The quantitative estimate of drug-likeness (QED) is 0.205. The molecule has 0 rings (SSSR count). The highest BCUT2D eigenvalue weighted by atomic mass is 16.5. The maximum absolute atomic E-state index is 11.2. The van der Waals surface area contributed by atoms with Gasteiger partial charge in [-0.15, -0.1) is 0 Å². The second kappa shape index (κ2) is 26.4. The van der Waals surface area contributed by atoms with Crippen molar-refractivity contribution in [2.45, 2.75) is 123 Å². The van der Waals surface area contributed by atoms with Gasteiger partial charge in [0.2, 0.25) is 0 Å². The Kier molecular flexibility index (Phi) is 27.8. The third-order valence-electron chi connectivity index (χ3n) is 4.60. The first-order chi connectivity index (χ1) is 13.6. The first kappa shape index (κ1) is 29.6. The lowest BCUT2D eigenvalue weighted by molar-refractivity contribution is -0.144. The summed E-state index contributed by atoms with van der Waals surface area (Å²) in [5.41, 5.74) is 0. The maximum atomic E-state index is 11.2. The highest BCUT2D eigenvalue weighted by Crippen LogP contribution is 2.13. The molecular formula is C23H48O5. The van der Waals surface area contributed by atoms with Crippen molar-refractivity contribution >= 4 is 5.97 Å². The van der Waals surface area contributed by atoms with Crippen LogP contribution in [0, 0.1) is 0 Å². The Bertz CT molecular complexity index is 295. The van der Waals surface area contributed by atoms with Gasteiger partial charge >= 0.3 is 5.97 Å². The predicted molar refractivity (Wildman–Crippen MR) is 116 cm³/mol. The normalized spacial score (nSPS) is 11.6. The standard InChI is InChI=1S/C20H40O3.C3H8O2/c1-2-3-4-5-6-7-8-9-10-11-12-13-14-15-16-17-20(22)23-19-18-21;1-3(5)2-4/h21H,2-19H2,1H3;3-5H,2H2,1H3. The summed E-state index contributed by atoms with van der Waals surface area (Å²) in [5, 5.41) is 24.5. The van der Waals surface area contributed by atoms with Gasteiger partial charge in [0.25, 0.3) is 0 Å². The van der Waals surface area contributed by atoms with Crippen LogP contribution in [0.3, 0.4) is 0 Å². The Morgan fingerprint density at radius 1 is 0.750 bits per heavy atom. The predicted octanol–water partition coefficient (Wildman–Crippen LogP) is 5.14. The molecule has 0 bridgehead atoms. The molecule has 0 amide bonds. The van der Waals surface area contributed by atoms with Crippen molar-refractivity contribution in [1.29, 1.82) is 0 Å². The molecule has 1 atom stereocenters. The molecule has 0 saturated carbocycles. The van der Waals surface area contributed by atoms with Crippen molar-refractivity contribution in [3.05, 3.63) is 0 Å². The highest BCUT2D eigenvalue weighted by molar-refractivity contribution is 5.69. The zero-order valence-corrected chi connectivity index (χ0v) is 18.7. The van der Waals surface area contributed by atoms with Crippen molar-refractivity contribution in [3.63, 3.8) is 0 Å². The first-order valence-electron chi connectivity index (χ1n) is 11.6. The van der Waals surface area contributed by atoms with Gasteiger partial charge in [-0.1, -0.05) is 96.8 Å². The third kappa shape index (κ3) is 30.1. The molecule has 1 unspecified atom stereocenters. The van der Waals surface area contributed by atoms with Gasteiger partial charge in [-0.05, 0) is 13.3 Å². The van der Waals surface area contributed by atoms with E-state index in [1.807, 2.05) is 0 Å². The Morgan fingerprint density at radius 3 is 1.43 bits per heavy atom. The van der Waals surface area contributed by atoms with Crippen molar-refractivity contribution in [3.8, 4) is 0 Å². The largest absolute Gasteiger partial charge is 0.463 e. The average Bonchev–Trinajstić information content (AvgIpc) is 2.69. The summed E-state index contributed by atoms with van der Waals surface area (Å²) >= 11 is 0. The Balaban J connectivity index is 0. The van der Waals surface area contributed by atoms with Crippen molar-refractivity contribution in [1.82, 2.24) is 0 Å². The van der Waals surface area contributed by atoms with Crippen molar-refractivity contribution < 1.29 is 24.9 Å². The van der Waals surface area contributed by atoms with Gasteiger partial charge < -0.3 is 20.1 Å². The van der Waals surface area contributed by atoms with Crippen LogP contribution in [0.4, 0.5) is 0 Å². The van der Waals surface area contributed by atoms with Gasteiger partial charge in [-0.25, -0.2) is 0 Å². The van der Waals surface area contributed by atoms with Crippen LogP contribution in [-0.4, -0.2) is 47.2 Å². The maximum Gasteiger partial charge on any atom is 0.305 e. The molecule has 3 N–H and O–H groups in total. The zero-order chi connectivity index (χ0) is 21.3. The number of unbranched alkanes of at least 4 members (excludes halogenated alkanes) is 14. The highest BCUT2D eigenvalue weighted by Gasteiger charge is 2.01. The van der Waals surface area contributed by atoms with E-state index in [2.05, 4.69) is 6.92 Å².